The maximum absolute atomic E-state index is 10.2. The fourth-order valence-electron chi connectivity index (χ4n) is 2.13. The Morgan fingerprint density at radius 2 is 2.00 bits per heavy atom. The van der Waals surface area contributed by atoms with Gasteiger partial charge in [0, 0.05) is 5.56 Å². The van der Waals surface area contributed by atoms with E-state index in [1.165, 1.54) is 6.42 Å². The van der Waals surface area contributed by atoms with Crippen LogP contribution in [-0.2, 0) is 0 Å². The van der Waals surface area contributed by atoms with Crippen molar-refractivity contribution in [1.82, 2.24) is 10.2 Å². The zero-order chi connectivity index (χ0) is 12.8. The van der Waals surface area contributed by atoms with Gasteiger partial charge in [0.25, 0.3) is 0 Å². The summed E-state index contributed by atoms with van der Waals surface area (Å²) in [6.07, 6.45) is 5.49. The fourth-order valence-corrected chi connectivity index (χ4v) is 2.13. The van der Waals surface area contributed by atoms with Crippen LogP contribution in [0.5, 0.6) is 0 Å². The van der Waals surface area contributed by atoms with E-state index in [0.717, 1.165) is 36.1 Å². The quantitative estimate of drug-likeness (QED) is 0.761. The Kier molecular flexibility index (Phi) is 4.53. The predicted molar refractivity (Wildman–Crippen MR) is 73.1 cm³/mol. The number of aromatic amines is 1. The first-order valence-electron chi connectivity index (χ1n) is 6.59. The molecule has 0 saturated carbocycles. The topological polar surface area (TPSA) is 48.9 Å². The number of rotatable bonds is 6. The first-order valence-corrected chi connectivity index (χ1v) is 6.59. The zero-order valence-corrected chi connectivity index (χ0v) is 10.8. The Morgan fingerprint density at radius 3 is 2.72 bits per heavy atom. The lowest BCUT2D eigenvalue weighted by Crippen LogP contribution is -1.98. The summed E-state index contributed by atoms with van der Waals surface area (Å²) in [4.78, 5) is 0. The number of aromatic nitrogens is 2. The lowest BCUT2D eigenvalue weighted by Gasteiger charge is -2.10. The third-order valence-corrected chi connectivity index (χ3v) is 3.17. The molecule has 0 saturated heterocycles. The van der Waals surface area contributed by atoms with E-state index in [1.54, 1.807) is 6.20 Å². The normalized spacial score (nSPS) is 12.6. The number of aliphatic hydroxyl groups excluding tert-OH is 1. The number of hydrogen-bond donors (Lipinski definition) is 2. The summed E-state index contributed by atoms with van der Waals surface area (Å²) in [6.45, 7) is 2.17. The van der Waals surface area contributed by atoms with Crippen molar-refractivity contribution in [2.24, 2.45) is 0 Å². The van der Waals surface area contributed by atoms with Gasteiger partial charge in [-0.2, -0.15) is 5.10 Å². The molecule has 1 heterocycles. The molecule has 2 rings (SSSR count). The highest BCUT2D eigenvalue weighted by Crippen LogP contribution is 2.28. The number of benzene rings is 1. The first-order chi connectivity index (χ1) is 8.83. The van der Waals surface area contributed by atoms with Crippen LogP contribution < -0.4 is 0 Å². The van der Waals surface area contributed by atoms with Crippen molar-refractivity contribution in [3.05, 3.63) is 42.1 Å². The van der Waals surface area contributed by atoms with Crippen LogP contribution in [0.3, 0.4) is 0 Å². The highest BCUT2D eigenvalue weighted by atomic mass is 16.3. The Hall–Kier alpha value is -1.61. The molecule has 0 aliphatic carbocycles. The summed E-state index contributed by atoms with van der Waals surface area (Å²) in [5.74, 6) is 0. The molecule has 0 radical (unpaired) electrons. The molecule has 3 heteroatoms. The van der Waals surface area contributed by atoms with Gasteiger partial charge in [0.1, 0.15) is 0 Å². The summed E-state index contributed by atoms with van der Waals surface area (Å²) in [6, 6.07) is 10.0. The maximum Gasteiger partial charge on any atom is 0.0826 e. The van der Waals surface area contributed by atoms with Crippen molar-refractivity contribution in [3.8, 4) is 11.3 Å². The molecule has 0 bridgehead atoms. The van der Waals surface area contributed by atoms with Gasteiger partial charge in [0.05, 0.1) is 18.0 Å². The molecule has 18 heavy (non-hydrogen) atoms. The van der Waals surface area contributed by atoms with E-state index in [-0.39, 0.29) is 0 Å². The van der Waals surface area contributed by atoms with Crippen LogP contribution in [0.25, 0.3) is 11.3 Å². The summed E-state index contributed by atoms with van der Waals surface area (Å²) in [5.41, 5.74) is 2.90. The van der Waals surface area contributed by atoms with Crippen molar-refractivity contribution in [1.29, 1.82) is 0 Å². The standard InChI is InChI=1S/C15H20N2O/c1-2-3-5-10-14(18)13-11-16-17-15(13)12-8-6-4-7-9-12/h4,6-9,11,14,18H,2-3,5,10H2,1H3,(H,16,17). The monoisotopic (exact) mass is 244 g/mol. The smallest absolute Gasteiger partial charge is 0.0826 e. The van der Waals surface area contributed by atoms with Gasteiger partial charge in [0.15, 0.2) is 0 Å². The SMILES string of the molecule is CCCCCC(O)c1cn[nH]c1-c1ccccc1. The van der Waals surface area contributed by atoms with Gasteiger partial charge in [0.2, 0.25) is 0 Å². The molecule has 1 aromatic carbocycles. The Bertz CT molecular complexity index is 464. The number of hydrogen-bond acceptors (Lipinski definition) is 2. The minimum absolute atomic E-state index is 0.425. The average molecular weight is 244 g/mol. The maximum atomic E-state index is 10.2. The molecule has 2 aromatic rings. The van der Waals surface area contributed by atoms with Gasteiger partial charge in [-0.3, -0.25) is 5.10 Å². The van der Waals surface area contributed by atoms with E-state index < -0.39 is 6.10 Å². The van der Waals surface area contributed by atoms with Gasteiger partial charge >= 0.3 is 0 Å². The molecule has 3 nitrogen and oxygen atoms in total. The van der Waals surface area contributed by atoms with Crippen molar-refractivity contribution in [3.63, 3.8) is 0 Å². The second-order valence-electron chi connectivity index (χ2n) is 4.58. The predicted octanol–water partition coefficient (Wildman–Crippen LogP) is 3.69. The van der Waals surface area contributed by atoms with Crippen molar-refractivity contribution in [2.45, 2.75) is 38.7 Å². The van der Waals surface area contributed by atoms with Crippen LogP contribution in [0.2, 0.25) is 0 Å². The molecular formula is C15H20N2O. The average Bonchev–Trinajstić information content (AvgIpc) is 2.89. The number of aliphatic hydroxyl groups is 1. The number of nitrogens with one attached hydrogen (secondary N) is 1. The largest absolute Gasteiger partial charge is 0.388 e. The summed E-state index contributed by atoms with van der Waals surface area (Å²) >= 11 is 0. The second-order valence-corrected chi connectivity index (χ2v) is 4.58. The molecule has 2 N–H and O–H groups in total. The Morgan fingerprint density at radius 1 is 1.22 bits per heavy atom. The molecular weight excluding hydrogens is 224 g/mol. The van der Waals surface area contributed by atoms with Crippen LogP contribution in [-0.4, -0.2) is 15.3 Å². The lowest BCUT2D eigenvalue weighted by molar-refractivity contribution is 0.164. The summed E-state index contributed by atoms with van der Waals surface area (Å²) < 4.78 is 0. The minimum atomic E-state index is -0.425. The number of unbranched alkanes of at least 4 members (excludes halogenated alkanes) is 2. The number of H-pyrrole nitrogens is 1. The lowest BCUT2D eigenvalue weighted by atomic mass is 10.0. The Balaban J connectivity index is 2.12. The van der Waals surface area contributed by atoms with Crippen LogP contribution in [0.1, 0.15) is 44.3 Å². The van der Waals surface area contributed by atoms with Crippen molar-refractivity contribution in [2.75, 3.05) is 0 Å². The minimum Gasteiger partial charge on any atom is -0.388 e. The molecule has 1 aromatic heterocycles. The van der Waals surface area contributed by atoms with Crippen LogP contribution in [0.4, 0.5) is 0 Å². The van der Waals surface area contributed by atoms with E-state index >= 15 is 0 Å². The zero-order valence-electron chi connectivity index (χ0n) is 10.8. The van der Waals surface area contributed by atoms with Crippen LogP contribution in [0.15, 0.2) is 36.5 Å². The van der Waals surface area contributed by atoms with Crippen LogP contribution in [0, 0.1) is 0 Å². The van der Waals surface area contributed by atoms with Gasteiger partial charge < -0.3 is 5.11 Å². The van der Waals surface area contributed by atoms with Gasteiger partial charge in [-0.25, -0.2) is 0 Å². The highest BCUT2D eigenvalue weighted by Gasteiger charge is 2.15. The van der Waals surface area contributed by atoms with Crippen molar-refractivity contribution < 1.29 is 5.11 Å². The molecule has 96 valence electrons. The van der Waals surface area contributed by atoms with Gasteiger partial charge in [-0.1, -0.05) is 56.5 Å². The third kappa shape index (κ3) is 2.99. The van der Waals surface area contributed by atoms with Gasteiger partial charge in [-0.05, 0) is 12.0 Å². The fraction of sp³-hybridized carbons (Fsp3) is 0.400. The summed E-state index contributed by atoms with van der Waals surface area (Å²) in [5, 5.41) is 17.3. The molecule has 1 atom stereocenters. The second kappa shape index (κ2) is 6.36. The molecule has 1 unspecified atom stereocenters. The summed E-state index contributed by atoms with van der Waals surface area (Å²) in [7, 11) is 0. The molecule has 0 fully saturated rings. The first kappa shape index (κ1) is 12.8. The molecule has 0 amide bonds. The van der Waals surface area contributed by atoms with Gasteiger partial charge in [-0.15, -0.1) is 0 Å². The Labute approximate surface area is 108 Å². The molecule has 0 spiro atoms. The van der Waals surface area contributed by atoms with E-state index in [4.69, 9.17) is 0 Å². The molecule has 0 aliphatic rings. The highest BCUT2D eigenvalue weighted by molar-refractivity contribution is 5.62. The number of nitrogens with zero attached hydrogens (tertiary/aromatic N) is 1. The van der Waals surface area contributed by atoms with E-state index in [0.29, 0.717) is 0 Å². The van der Waals surface area contributed by atoms with Crippen LogP contribution >= 0.6 is 0 Å². The van der Waals surface area contributed by atoms with E-state index in [2.05, 4.69) is 17.1 Å². The van der Waals surface area contributed by atoms with Crippen molar-refractivity contribution >= 4 is 0 Å². The van der Waals surface area contributed by atoms with E-state index in [1.807, 2.05) is 30.3 Å². The molecule has 0 aliphatic heterocycles. The van der Waals surface area contributed by atoms with E-state index in [9.17, 15) is 5.11 Å². The third-order valence-electron chi connectivity index (χ3n) is 3.17.